The lowest BCUT2D eigenvalue weighted by molar-refractivity contribution is 0.629. The van der Waals surface area contributed by atoms with Crippen LogP contribution in [0.2, 0.25) is 5.02 Å². The smallest absolute Gasteiger partial charge is 0.153 e. The van der Waals surface area contributed by atoms with E-state index >= 15 is 0 Å². The molecule has 17 heavy (non-hydrogen) atoms. The van der Waals surface area contributed by atoms with Crippen molar-refractivity contribution in [1.29, 1.82) is 0 Å². The van der Waals surface area contributed by atoms with Crippen LogP contribution in [0.15, 0.2) is 47.0 Å². The van der Waals surface area contributed by atoms with Gasteiger partial charge in [-0.15, -0.1) is 0 Å². The molecule has 0 saturated heterocycles. The lowest BCUT2D eigenvalue weighted by Crippen LogP contribution is -1.86. The van der Waals surface area contributed by atoms with Gasteiger partial charge in [-0.3, -0.25) is 4.98 Å². The fourth-order valence-electron chi connectivity index (χ4n) is 1.70. The summed E-state index contributed by atoms with van der Waals surface area (Å²) in [7, 11) is 0. The first-order valence-corrected chi connectivity index (χ1v) is 5.52. The Hall–Kier alpha value is -2.00. The van der Waals surface area contributed by atoms with E-state index in [-0.39, 0.29) is 0 Å². The van der Waals surface area contributed by atoms with E-state index in [2.05, 4.69) is 4.98 Å². The standard InChI is InChI=1S/C13H9ClN2O/c14-10-2-1-3-12-9(10)6-13(17-12)11-5-4-8(15)7-16-11/h1-7H,15H2. The third kappa shape index (κ3) is 1.74. The summed E-state index contributed by atoms with van der Waals surface area (Å²) in [6, 6.07) is 11.1. The Morgan fingerprint density at radius 2 is 2.06 bits per heavy atom. The van der Waals surface area contributed by atoms with Crippen molar-refractivity contribution in [3.05, 3.63) is 47.6 Å². The molecule has 2 N–H and O–H groups in total. The van der Waals surface area contributed by atoms with Crippen LogP contribution in [-0.4, -0.2) is 4.98 Å². The summed E-state index contributed by atoms with van der Waals surface area (Å²) in [6.45, 7) is 0. The van der Waals surface area contributed by atoms with E-state index in [1.165, 1.54) is 0 Å². The first-order valence-electron chi connectivity index (χ1n) is 5.14. The number of hydrogen-bond acceptors (Lipinski definition) is 3. The van der Waals surface area contributed by atoms with Crippen molar-refractivity contribution in [1.82, 2.24) is 4.98 Å². The Kier molecular flexibility index (Phi) is 2.27. The average molecular weight is 245 g/mol. The van der Waals surface area contributed by atoms with Crippen LogP contribution in [0.4, 0.5) is 5.69 Å². The molecule has 0 radical (unpaired) electrons. The minimum atomic E-state index is 0.628. The maximum Gasteiger partial charge on any atom is 0.153 e. The van der Waals surface area contributed by atoms with Crippen molar-refractivity contribution in [3.8, 4) is 11.5 Å². The fourth-order valence-corrected chi connectivity index (χ4v) is 1.92. The van der Waals surface area contributed by atoms with E-state index in [4.69, 9.17) is 21.8 Å². The molecule has 0 spiro atoms. The van der Waals surface area contributed by atoms with Crippen LogP contribution >= 0.6 is 11.6 Å². The second-order valence-corrected chi connectivity index (χ2v) is 4.15. The summed E-state index contributed by atoms with van der Waals surface area (Å²) in [5.41, 5.74) is 7.72. The van der Waals surface area contributed by atoms with Gasteiger partial charge in [-0.25, -0.2) is 0 Å². The van der Waals surface area contributed by atoms with Gasteiger partial charge in [-0.05, 0) is 30.3 Å². The molecule has 4 heteroatoms. The van der Waals surface area contributed by atoms with E-state index in [0.717, 1.165) is 16.7 Å². The summed E-state index contributed by atoms with van der Waals surface area (Å²) in [6.07, 6.45) is 1.60. The van der Waals surface area contributed by atoms with Gasteiger partial charge in [0.1, 0.15) is 11.3 Å². The number of aromatic nitrogens is 1. The highest BCUT2D eigenvalue weighted by Gasteiger charge is 2.09. The van der Waals surface area contributed by atoms with Crippen LogP contribution in [0.3, 0.4) is 0 Å². The third-order valence-electron chi connectivity index (χ3n) is 2.55. The number of hydrogen-bond donors (Lipinski definition) is 1. The summed E-state index contributed by atoms with van der Waals surface area (Å²) >= 11 is 6.08. The zero-order valence-corrected chi connectivity index (χ0v) is 9.61. The molecular formula is C13H9ClN2O. The number of halogens is 1. The highest BCUT2D eigenvalue weighted by Crippen LogP contribution is 2.31. The van der Waals surface area contributed by atoms with Crippen molar-refractivity contribution in [2.75, 3.05) is 5.73 Å². The molecule has 0 unspecified atom stereocenters. The van der Waals surface area contributed by atoms with Crippen molar-refractivity contribution in [3.63, 3.8) is 0 Å². The van der Waals surface area contributed by atoms with Crippen LogP contribution in [-0.2, 0) is 0 Å². The first kappa shape index (κ1) is 10.2. The molecular weight excluding hydrogens is 236 g/mol. The number of pyridine rings is 1. The third-order valence-corrected chi connectivity index (χ3v) is 2.88. The second-order valence-electron chi connectivity index (χ2n) is 3.74. The number of nitrogen functional groups attached to an aromatic ring is 1. The summed E-state index contributed by atoms with van der Waals surface area (Å²) in [5, 5.41) is 1.57. The Balaban J connectivity index is 2.18. The number of anilines is 1. The van der Waals surface area contributed by atoms with Gasteiger partial charge in [0, 0.05) is 5.39 Å². The number of fused-ring (bicyclic) bond motifs is 1. The Morgan fingerprint density at radius 3 is 2.76 bits per heavy atom. The predicted molar refractivity (Wildman–Crippen MR) is 68.9 cm³/mol. The summed E-state index contributed by atoms with van der Waals surface area (Å²) < 4.78 is 5.69. The predicted octanol–water partition coefficient (Wildman–Crippen LogP) is 3.73. The number of benzene rings is 1. The van der Waals surface area contributed by atoms with Crippen LogP contribution in [0.25, 0.3) is 22.4 Å². The van der Waals surface area contributed by atoms with E-state index in [9.17, 15) is 0 Å². The topological polar surface area (TPSA) is 52.0 Å². The van der Waals surface area contributed by atoms with Gasteiger partial charge in [0.25, 0.3) is 0 Å². The van der Waals surface area contributed by atoms with Crippen LogP contribution in [0, 0.1) is 0 Å². The second kappa shape index (κ2) is 3.79. The van der Waals surface area contributed by atoms with E-state index in [1.54, 1.807) is 12.3 Å². The van der Waals surface area contributed by atoms with Crippen molar-refractivity contribution >= 4 is 28.3 Å². The van der Waals surface area contributed by atoms with Gasteiger partial charge in [-0.1, -0.05) is 17.7 Å². The maximum absolute atomic E-state index is 6.08. The summed E-state index contributed by atoms with van der Waals surface area (Å²) in [4.78, 5) is 4.21. The van der Waals surface area contributed by atoms with Crippen LogP contribution in [0.1, 0.15) is 0 Å². The number of furan rings is 1. The molecule has 0 aliphatic heterocycles. The lowest BCUT2D eigenvalue weighted by atomic mass is 10.2. The van der Waals surface area contributed by atoms with Gasteiger partial charge in [0.15, 0.2) is 5.76 Å². The molecule has 0 saturated carbocycles. The molecule has 0 bridgehead atoms. The lowest BCUT2D eigenvalue weighted by Gasteiger charge is -1.95. The molecule has 2 aromatic heterocycles. The minimum Gasteiger partial charge on any atom is -0.454 e. The molecule has 3 aromatic rings. The van der Waals surface area contributed by atoms with E-state index in [1.807, 2.05) is 30.3 Å². The van der Waals surface area contributed by atoms with Crippen molar-refractivity contribution < 1.29 is 4.42 Å². The molecule has 1 aromatic carbocycles. The number of nitrogens with two attached hydrogens (primary N) is 1. The van der Waals surface area contributed by atoms with Gasteiger partial charge < -0.3 is 10.2 Å². The Morgan fingerprint density at radius 1 is 1.18 bits per heavy atom. The Labute approximate surface area is 103 Å². The minimum absolute atomic E-state index is 0.628. The molecule has 3 nitrogen and oxygen atoms in total. The van der Waals surface area contributed by atoms with Gasteiger partial charge in [0.05, 0.1) is 16.9 Å². The maximum atomic E-state index is 6.08. The molecule has 0 fully saturated rings. The molecule has 84 valence electrons. The molecule has 3 rings (SSSR count). The van der Waals surface area contributed by atoms with Gasteiger partial charge in [0.2, 0.25) is 0 Å². The zero-order valence-electron chi connectivity index (χ0n) is 8.85. The SMILES string of the molecule is Nc1ccc(-c2cc3c(Cl)cccc3o2)nc1. The normalized spacial score (nSPS) is 10.9. The van der Waals surface area contributed by atoms with E-state index < -0.39 is 0 Å². The Bertz CT molecular complexity index is 673. The van der Waals surface area contributed by atoms with E-state index in [0.29, 0.717) is 16.5 Å². The number of nitrogens with zero attached hydrogens (tertiary/aromatic N) is 1. The van der Waals surface area contributed by atoms with Crippen molar-refractivity contribution in [2.45, 2.75) is 0 Å². The molecule has 0 aliphatic carbocycles. The van der Waals surface area contributed by atoms with Gasteiger partial charge in [-0.2, -0.15) is 0 Å². The average Bonchev–Trinajstić information content (AvgIpc) is 2.75. The molecule has 0 aliphatic rings. The summed E-state index contributed by atoms with van der Waals surface area (Å²) in [5.74, 6) is 0.688. The fraction of sp³-hybridized carbons (Fsp3) is 0. The monoisotopic (exact) mass is 244 g/mol. The first-order chi connectivity index (χ1) is 8.24. The zero-order chi connectivity index (χ0) is 11.8. The van der Waals surface area contributed by atoms with Crippen molar-refractivity contribution in [2.24, 2.45) is 0 Å². The van der Waals surface area contributed by atoms with Crippen LogP contribution in [0.5, 0.6) is 0 Å². The van der Waals surface area contributed by atoms with Crippen LogP contribution < -0.4 is 5.73 Å². The molecule has 0 atom stereocenters. The highest BCUT2D eigenvalue weighted by atomic mass is 35.5. The quantitative estimate of drug-likeness (QED) is 0.710. The number of rotatable bonds is 1. The highest BCUT2D eigenvalue weighted by molar-refractivity contribution is 6.35. The van der Waals surface area contributed by atoms with Gasteiger partial charge >= 0.3 is 0 Å². The molecule has 0 amide bonds. The molecule has 2 heterocycles. The largest absolute Gasteiger partial charge is 0.454 e.